The van der Waals surface area contributed by atoms with E-state index in [2.05, 4.69) is 34.0 Å². The zero-order valence-corrected chi connectivity index (χ0v) is 21.1. The molecule has 1 aromatic heterocycles. The van der Waals surface area contributed by atoms with E-state index >= 15 is 0 Å². The van der Waals surface area contributed by atoms with E-state index in [4.69, 9.17) is 4.74 Å². The fourth-order valence-electron chi connectivity index (χ4n) is 4.64. The van der Waals surface area contributed by atoms with E-state index in [1.165, 1.54) is 6.08 Å². The van der Waals surface area contributed by atoms with Crippen LogP contribution in [0.2, 0.25) is 0 Å². The molecule has 8 nitrogen and oxygen atoms in total. The van der Waals surface area contributed by atoms with Crippen LogP contribution >= 0.6 is 0 Å². The second-order valence-electron chi connectivity index (χ2n) is 8.96. The largest absolute Gasteiger partial charge is 0.381 e. The molecule has 1 fully saturated rings. The van der Waals surface area contributed by atoms with Gasteiger partial charge in [0.05, 0.1) is 0 Å². The summed E-state index contributed by atoms with van der Waals surface area (Å²) < 4.78 is 5.55. The number of carbonyl (C=O) groups excluding carboxylic acids is 2. The van der Waals surface area contributed by atoms with E-state index in [1.807, 2.05) is 39.0 Å². The Kier molecular flexibility index (Phi) is 8.87. The highest BCUT2D eigenvalue weighted by atomic mass is 16.5. The molecule has 188 valence electrons. The summed E-state index contributed by atoms with van der Waals surface area (Å²) in [6.07, 6.45) is 3.06. The zero-order valence-electron chi connectivity index (χ0n) is 21.1. The predicted molar refractivity (Wildman–Crippen MR) is 138 cm³/mol. The van der Waals surface area contributed by atoms with Gasteiger partial charge < -0.3 is 25.3 Å². The lowest BCUT2D eigenvalue weighted by atomic mass is 9.98. The Morgan fingerprint density at radius 2 is 1.86 bits per heavy atom. The van der Waals surface area contributed by atoms with Crippen LogP contribution < -0.4 is 21.1 Å². The van der Waals surface area contributed by atoms with Crippen molar-refractivity contribution in [2.45, 2.75) is 59.7 Å². The topological polar surface area (TPSA) is 104 Å². The Labute approximate surface area is 206 Å². The molecule has 3 N–H and O–H groups in total. The summed E-state index contributed by atoms with van der Waals surface area (Å²) in [6.45, 7) is 13.9. The maximum atomic E-state index is 13.3. The van der Waals surface area contributed by atoms with Crippen LogP contribution in [0.15, 0.2) is 35.6 Å². The summed E-state index contributed by atoms with van der Waals surface area (Å²) in [4.78, 5) is 42.6. The van der Waals surface area contributed by atoms with E-state index in [1.54, 1.807) is 0 Å². The van der Waals surface area contributed by atoms with Crippen LogP contribution in [-0.4, -0.2) is 42.6 Å². The van der Waals surface area contributed by atoms with Gasteiger partial charge in [-0.05, 0) is 81.5 Å². The number of aromatic nitrogens is 1. The van der Waals surface area contributed by atoms with Crippen LogP contribution in [0.3, 0.4) is 0 Å². The molecule has 1 aromatic carbocycles. The maximum absolute atomic E-state index is 13.3. The van der Waals surface area contributed by atoms with E-state index in [9.17, 15) is 14.4 Å². The number of benzene rings is 1. The van der Waals surface area contributed by atoms with Gasteiger partial charge in [-0.3, -0.25) is 14.4 Å². The van der Waals surface area contributed by atoms with E-state index in [-0.39, 0.29) is 30.5 Å². The number of anilines is 1. The summed E-state index contributed by atoms with van der Waals surface area (Å²) in [5, 5.41) is 5.73. The summed E-state index contributed by atoms with van der Waals surface area (Å²) in [7, 11) is 0. The molecule has 8 heteroatoms. The number of nitrogens with one attached hydrogen (secondary N) is 3. The molecule has 0 radical (unpaired) electrons. The molecule has 0 spiro atoms. The maximum Gasteiger partial charge on any atom is 0.253 e. The molecule has 0 unspecified atom stereocenters. The van der Waals surface area contributed by atoms with Crippen LogP contribution in [0.1, 0.15) is 58.1 Å². The first kappa shape index (κ1) is 26.2. The van der Waals surface area contributed by atoms with Crippen LogP contribution in [-0.2, 0) is 22.6 Å². The van der Waals surface area contributed by atoms with Gasteiger partial charge in [-0.1, -0.05) is 6.58 Å². The Morgan fingerprint density at radius 1 is 1.14 bits per heavy atom. The molecule has 1 saturated heterocycles. The van der Waals surface area contributed by atoms with Gasteiger partial charge in [-0.15, -0.1) is 0 Å². The van der Waals surface area contributed by atoms with Crippen molar-refractivity contribution in [3.05, 3.63) is 74.7 Å². The van der Waals surface area contributed by atoms with Gasteiger partial charge in [0.15, 0.2) is 0 Å². The van der Waals surface area contributed by atoms with Gasteiger partial charge in [-0.25, -0.2) is 0 Å². The number of rotatable bonds is 9. The van der Waals surface area contributed by atoms with Crippen molar-refractivity contribution in [2.75, 3.05) is 24.7 Å². The number of aromatic amines is 1. The minimum absolute atomic E-state index is 0.129. The van der Waals surface area contributed by atoms with Crippen molar-refractivity contribution in [1.82, 2.24) is 15.6 Å². The Balaban J connectivity index is 1.94. The number of hydrogen-bond donors (Lipinski definition) is 3. The number of carbonyl (C=O) groups is 2. The average molecular weight is 481 g/mol. The van der Waals surface area contributed by atoms with Gasteiger partial charge in [-0.2, -0.15) is 0 Å². The average Bonchev–Trinajstić information content (AvgIpc) is 2.84. The third-order valence-corrected chi connectivity index (χ3v) is 6.54. The van der Waals surface area contributed by atoms with Crippen LogP contribution in [0, 0.1) is 20.8 Å². The van der Waals surface area contributed by atoms with Crippen molar-refractivity contribution in [3.8, 4) is 0 Å². The first-order chi connectivity index (χ1) is 16.7. The minimum Gasteiger partial charge on any atom is -0.381 e. The standard InChI is InChI=1S/C27H36N4O4/c1-6-25(32)28-15-20-13-22(26(33)29-16-23-17(3)12-18(4)30-27(23)34)19(5)24(14-20)31(7-2)21-8-10-35-11-9-21/h6,12-14,21H,1,7-11,15-16H2,2-5H3,(H,28,32)(H,29,33)(H,30,34). The Hall–Kier alpha value is -3.39. The number of amides is 2. The lowest BCUT2D eigenvalue weighted by Crippen LogP contribution is -2.40. The quantitative estimate of drug-likeness (QED) is 0.479. The van der Waals surface area contributed by atoms with Crippen molar-refractivity contribution in [1.29, 1.82) is 0 Å². The van der Waals surface area contributed by atoms with Gasteiger partial charge in [0, 0.05) is 61.4 Å². The number of H-pyrrole nitrogens is 1. The number of hydrogen-bond acceptors (Lipinski definition) is 5. The Bertz CT molecular complexity index is 1150. The molecular weight excluding hydrogens is 444 g/mol. The van der Waals surface area contributed by atoms with Gasteiger partial charge in [0.2, 0.25) is 5.91 Å². The molecule has 0 bridgehead atoms. The van der Waals surface area contributed by atoms with Crippen LogP contribution in [0.4, 0.5) is 5.69 Å². The molecule has 2 aromatic rings. The highest BCUT2D eigenvalue weighted by Crippen LogP contribution is 2.30. The predicted octanol–water partition coefficient (Wildman–Crippen LogP) is 3.04. The fourth-order valence-corrected chi connectivity index (χ4v) is 4.64. The van der Waals surface area contributed by atoms with E-state index < -0.39 is 0 Å². The second-order valence-corrected chi connectivity index (χ2v) is 8.96. The summed E-state index contributed by atoms with van der Waals surface area (Å²) >= 11 is 0. The monoisotopic (exact) mass is 480 g/mol. The molecule has 0 atom stereocenters. The molecule has 2 amide bonds. The van der Waals surface area contributed by atoms with Gasteiger partial charge in [0.25, 0.3) is 11.5 Å². The number of aryl methyl sites for hydroxylation is 2. The van der Waals surface area contributed by atoms with Crippen molar-refractivity contribution >= 4 is 17.5 Å². The summed E-state index contributed by atoms with van der Waals surface area (Å²) in [6, 6.07) is 6.06. The number of ether oxygens (including phenoxy) is 1. The lowest BCUT2D eigenvalue weighted by Gasteiger charge is -2.37. The van der Waals surface area contributed by atoms with Crippen molar-refractivity contribution in [3.63, 3.8) is 0 Å². The SMILES string of the molecule is C=CC(=O)NCc1cc(C(=O)NCc2c(C)cc(C)[nH]c2=O)c(C)c(N(CC)C2CCOCC2)c1. The Morgan fingerprint density at radius 3 is 2.49 bits per heavy atom. The number of nitrogens with zero attached hydrogens (tertiary/aromatic N) is 1. The van der Waals surface area contributed by atoms with E-state index in [0.717, 1.165) is 47.5 Å². The third-order valence-electron chi connectivity index (χ3n) is 6.54. The smallest absolute Gasteiger partial charge is 0.253 e. The molecule has 35 heavy (non-hydrogen) atoms. The van der Waals surface area contributed by atoms with Crippen LogP contribution in [0.25, 0.3) is 0 Å². The molecule has 3 rings (SSSR count). The number of pyridine rings is 1. The normalized spacial score (nSPS) is 13.8. The summed E-state index contributed by atoms with van der Waals surface area (Å²) in [5.41, 5.74) is 5.14. The first-order valence-corrected chi connectivity index (χ1v) is 12.1. The molecule has 1 aliphatic rings. The van der Waals surface area contributed by atoms with Crippen molar-refractivity contribution in [2.24, 2.45) is 0 Å². The zero-order chi connectivity index (χ0) is 25.5. The third kappa shape index (κ3) is 6.39. The minimum atomic E-state index is -0.274. The van der Waals surface area contributed by atoms with E-state index in [0.29, 0.717) is 30.4 Å². The highest BCUT2D eigenvalue weighted by Gasteiger charge is 2.24. The highest BCUT2D eigenvalue weighted by molar-refractivity contribution is 5.97. The molecule has 1 aliphatic heterocycles. The molecule has 0 aliphatic carbocycles. The summed E-state index contributed by atoms with van der Waals surface area (Å²) in [5.74, 6) is -0.535. The van der Waals surface area contributed by atoms with Gasteiger partial charge in [0.1, 0.15) is 0 Å². The van der Waals surface area contributed by atoms with Crippen molar-refractivity contribution < 1.29 is 14.3 Å². The van der Waals surface area contributed by atoms with Gasteiger partial charge >= 0.3 is 0 Å². The fraction of sp³-hybridized carbons (Fsp3) is 0.444. The molecule has 0 saturated carbocycles. The second kappa shape index (κ2) is 11.8. The first-order valence-electron chi connectivity index (χ1n) is 12.1. The lowest BCUT2D eigenvalue weighted by molar-refractivity contribution is -0.116. The molecule has 2 heterocycles. The molecular formula is C27H36N4O4. The van der Waals surface area contributed by atoms with Crippen LogP contribution in [0.5, 0.6) is 0 Å².